The minimum atomic E-state index is -0.249. The molecule has 0 radical (unpaired) electrons. The summed E-state index contributed by atoms with van der Waals surface area (Å²) in [6.45, 7) is 7.71. The summed E-state index contributed by atoms with van der Waals surface area (Å²) in [6.07, 6.45) is 0.111. The first-order valence-electron chi connectivity index (χ1n) is 9.53. The Labute approximate surface area is 170 Å². The Morgan fingerprint density at radius 3 is 2.34 bits per heavy atom. The lowest BCUT2D eigenvalue weighted by atomic mass is 10.1. The lowest BCUT2D eigenvalue weighted by Gasteiger charge is -2.10. The smallest absolute Gasteiger partial charge is 0.232 e. The van der Waals surface area contributed by atoms with Gasteiger partial charge < -0.3 is 4.57 Å². The van der Waals surface area contributed by atoms with Crippen LogP contribution >= 0.6 is 0 Å². The standard InChI is InChI=1S/C22H25N5O2/c1-13(2)21-23-15(4)24-22(26-21)25-19(28)12-17-10-11-18(27(17)5)20(29)16-8-6-14(3)7-9-16/h6-11,13H,12H2,1-5H3,(H,23,24,25,26,28). The van der Waals surface area contributed by atoms with Crippen LogP contribution in [0.2, 0.25) is 0 Å². The van der Waals surface area contributed by atoms with Crippen LogP contribution in [0, 0.1) is 13.8 Å². The molecule has 0 saturated heterocycles. The molecule has 29 heavy (non-hydrogen) atoms. The lowest BCUT2D eigenvalue weighted by molar-refractivity contribution is -0.115. The highest BCUT2D eigenvalue weighted by atomic mass is 16.1. The minimum absolute atomic E-state index is 0.0752. The Hall–Kier alpha value is -3.35. The summed E-state index contributed by atoms with van der Waals surface area (Å²) in [4.78, 5) is 38.0. The molecule has 1 N–H and O–H groups in total. The van der Waals surface area contributed by atoms with Gasteiger partial charge >= 0.3 is 0 Å². The number of nitrogens with zero attached hydrogens (tertiary/aromatic N) is 4. The van der Waals surface area contributed by atoms with Crippen molar-refractivity contribution in [1.29, 1.82) is 0 Å². The van der Waals surface area contributed by atoms with Crippen LogP contribution in [0.5, 0.6) is 0 Å². The monoisotopic (exact) mass is 391 g/mol. The van der Waals surface area contributed by atoms with E-state index < -0.39 is 0 Å². The average Bonchev–Trinajstić information content (AvgIpc) is 3.01. The van der Waals surface area contributed by atoms with Gasteiger partial charge in [0.1, 0.15) is 11.6 Å². The summed E-state index contributed by atoms with van der Waals surface area (Å²) < 4.78 is 1.75. The van der Waals surface area contributed by atoms with Gasteiger partial charge in [0.05, 0.1) is 12.1 Å². The van der Waals surface area contributed by atoms with Gasteiger partial charge in [0, 0.05) is 24.2 Å². The summed E-state index contributed by atoms with van der Waals surface area (Å²) in [7, 11) is 1.79. The molecular formula is C22H25N5O2. The van der Waals surface area contributed by atoms with E-state index in [4.69, 9.17) is 0 Å². The molecule has 0 fully saturated rings. The van der Waals surface area contributed by atoms with E-state index in [2.05, 4.69) is 20.3 Å². The predicted octanol–water partition coefficient (Wildman–Crippen LogP) is 3.36. The van der Waals surface area contributed by atoms with Crippen molar-refractivity contribution in [1.82, 2.24) is 19.5 Å². The zero-order valence-corrected chi connectivity index (χ0v) is 17.4. The van der Waals surface area contributed by atoms with Crippen LogP contribution in [-0.4, -0.2) is 31.2 Å². The van der Waals surface area contributed by atoms with Crippen molar-refractivity contribution in [2.45, 2.75) is 40.0 Å². The molecule has 7 nitrogen and oxygen atoms in total. The molecule has 0 aliphatic carbocycles. The van der Waals surface area contributed by atoms with Gasteiger partial charge in [0.25, 0.3) is 0 Å². The number of carbonyl (C=O) groups excluding carboxylic acids is 2. The number of carbonyl (C=O) groups is 2. The van der Waals surface area contributed by atoms with E-state index in [0.717, 1.165) is 11.3 Å². The van der Waals surface area contributed by atoms with Crippen molar-refractivity contribution in [3.8, 4) is 0 Å². The van der Waals surface area contributed by atoms with Gasteiger partial charge in [-0.3, -0.25) is 14.9 Å². The third-order valence-electron chi connectivity index (χ3n) is 4.65. The maximum Gasteiger partial charge on any atom is 0.232 e. The fraction of sp³-hybridized carbons (Fsp3) is 0.318. The van der Waals surface area contributed by atoms with Gasteiger partial charge in [-0.2, -0.15) is 9.97 Å². The first kappa shape index (κ1) is 20.4. The molecule has 150 valence electrons. The lowest BCUT2D eigenvalue weighted by Crippen LogP contribution is -2.20. The van der Waals surface area contributed by atoms with E-state index in [1.807, 2.05) is 45.0 Å². The summed E-state index contributed by atoms with van der Waals surface area (Å²) in [6, 6.07) is 11.0. The van der Waals surface area contributed by atoms with Crippen LogP contribution in [0.3, 0.4) is 0 Å². The fourth-order valence-corrected chi connectivity index (χ4v) is 2.96. The zero-order chi connectivity index (χ0) is 21.1. The predicted molar refractivity (Wildman–Crippen MR) is 111 cm³/mol. The van der Waals surface area contributed by atoms with Crippen LogP contribution in [0.4, 0.5) is 5.95 Å². The number of aryl methyl sites for hydroxylation is 2. The Morgan fingerprint density at radius 2 is 1.69 bits per heavy atom. The number of ketones is 1. The molecule has 0 atom stereocenters. The second kappa shape index (κ2) is 8.34. The van der Waals surface area contributed by atoms with Gasteiger partial charge in [-0.1, -0.05) is 43.7 Å². The summed E-state index contributed by atoms with van der Waals surface area (Å²) in [5.74, 6) is 1.25. The van der Waals surface area contributed by atoms with E-state index >= 15 is 0 Å². The van der Waals surface area contributed by atoms with Crippen LogP contribution < -0.4 is 5.32 Å². The van der Waals surface area contributed by atoms with Crippen molar-refractivity contribution in [3.63, 3.8) is 0 Å². The van der Waals surface area contributed by atoms with Gasteiger partial charge in [-0.25, -0.2) is 4.98 Å². The molecule has 2 heterocycles. The molecule has 0 bridgehead atoms. The summed E-state index contributed by atoms with van der Waals surface area (Å²) in [5.41, 5.74) is 2.98. The molecule has 1 aromatic carbocycles. The normalized spacial score (nSPS) is 11.0. The van der Waals surface area contributed by atoms with E-state index in [1.165, 1.54) is 0 Å². The van der Waals surface area contributed by atoms with Gasteiger partial charge in [0.2, 0.25) is 17.6 Å². The minimum Gasteiger partial charge on any atom is -0.344 e. The van der Waals surface area contributed by atoms with Crippen molar-refractivity contribution < 1.29 is 9.59 Å². The number of benzene rings is 1. The first-order valence-corrected chi connectivity index (χ1v) is 9.53. The van der Waals surface area contributed by atoms with E-state index in [-0.39, 0.29) is 30.0 Å². The van der Waals surface area contributed by atoms with Crippen LogP contribution in [0.1, 0.15) is 58.7 Å². The van der Waals surface area contributed by atoms with Gasteiger partial charge in [-0.05, 0) is 26.0 Å². The molecule has 0 aliphatic heterocycles. The van der Waals surface area contributed by atoms with Crippen LogP contribution in [-0.2, 0) is 18.3 Å². The first-order chi connectivity index (χ1) is 13.7. The Kier molecular flexibility index (Phi) is 5.87. The Morgan fingerprint density at radius 1 is 1.00 bits per heavy atom. The Bertz CT molecular complexity index is 1050. The van der Waals surface area contributed by atoms with Gasteiger partial charge in [0.15, 0.2) is 0 Å². The van der Waals surface area contributed by atoms with Gasteiger partial charge in [-0.15, -0.1) is 0 Å². The van der Waals surface area contributed by atoms with Crippen molar-refractivity contribution in [2.75, 3.05) is 5.32 Å². The quantitative estimate of drug-likeness (QED) is 0.651. The molecule has 0 saturated carbocycles. The van der Waals surface area contributed by atoms with Crippen LogP contribution in [0.15, 0.2) is 36.4 Å². The van der Waals surface area contributed by atoms with Crippen LogP contribution in [0.25, 0.3) is 0 Å². The van der Waals surface area contributed by atoms with E-state index in [9.17, 15) is 9.59 Å². The highest BCUT2D eigenvalue weighted by Crippen LogP contribution is 2.15. The molecule has 0 unspecified atom stereocenters. The maximum absolute atomic E-state index is 12.8. The average molecular weight is 391 g/mol. The van der Waals surface area contributed by atoms with Crippen molar-refractivity contribution in [2.24, 2.45) is 7.05 Å². The molecular weight excluding hydrogens is 366 g/mol. The second-order valence-electron chi connectivity index (χ2n) is 7.41. The molecule has 3 aromatic rings. The number of amides is 1. The highest BCUT2D eigenvalue weighted by molar-refractivity contribution is 6.08. The number of aromatic nitrogens is 4. The Balaban J connectivity index is 1.74. The summed E-state index contributed by atoms with van der Waals surface area (Å²) >= 11 is 0. The number of anilines is 1. The molecule has 7 heteroatoms. The number of nitrogens with one attached hydrogen (secondary N) is 1. The SMILES string of the molecule is Cc1ccc(C(=O)c2ccc(CC(=O)Nc3nc(C)nc(C(C)C)n3)n2C)cc1. The third-order valence-corrected chi connectivity index (χ3v) is 4.65. The molecule has 0 spiro atoms. The zero-order valence-electron chi connectivity index (χ0n) is 17.4. The number of hydrogen-bond acceptors (Lipinski definition) is 5. The van der Waals surface area contributed by atoms with Crippen molar-refractivity contribution >= 4 is 17.6 Å². The number of rotatable bonds is 6. The maximum atomic E-state index is 12.8. The topological polar surface area (TPSA) is 89.8 Å². The largest absolute Gasteiger partial charge is 0.344 e. The molecule has 2 aromatic heterocycles. The van der Waals surface area contributed by atoms with Crippen molar-refractivity contribution in [3.05, 3.63) is 70.6 Å². The fourth-order valence-electron chi connectivity index (χ4n) is 2.96. The summed E-state index contributed by atoms with van der Waals surface area (Å²) in [5, 5.41) is 2.73. The molecule has 1 amide bonds. The molecule has 3 rings (SSSR count). The van der Waals surface area contributed by atoms with E-state index in [1.54, 1.807) is 30.7 Å². The highest BCUT2D eigenvalue weighted by Gasteiger charge is 2.17. The second-order valence-corrected chi connectivity index (χ2v) is 7.41. The number of hydrogen-bond donors (Lipinski definition) is 1. The third kappa shape index (κ3) is 4.74. The molecule has 0 aliphatic rings. The van der Waals surface area contributed by atoms with E-state index in [0.29, 0.717) is 22.9 Å².